The Labute approximate surface area is 140 Å². The lowest BCUT2D eigenvalue weighted by molar-refractivity contribution is -0.129. The zero-order valence-corrected chi connectivity index (χ0v) is 13.9. The molecular weight excluding hydrogens is 306 g/mol. The van der Waals surface area contributed by atoms with Crippen LogP contribution in [0, 0.1) is 25.3 Å². The number of carbonyl (C=O) groups excluding carboxylic acids is 2. The molecule has 3 heterocycles. The molecule has 2 N–H and O–H groups in total. The third-order valence-corrected chi connectivity index (χ3v) is 5.96. The molecular formula is C18H19N3O3. The van der Waals surface area contributed by atoms with Gasteiger partial charge in [-0.1, -0.05) is 6.07 Å². The number of benzene rings is 1. The number of nitrogens with zero attached hydrogens (tertiary/aromatic N) is 2. The van der Waals surface area contributed by atoms with Crippen molar-refractivity contribution in [3.63, 3.8) is 0 Å². The van der Waals surface area contributed by atoms with Gasteiger partial charge in [0.1, 0.15) is 0 Å². The lowest BCUT2D eigenvalue weighted by atomic mass is 9.67. The third kappa shape index (κ3) is 1.61. The molecule has 124 valence electrons. The Kier molecular flexibility index (Phi) is 2.83. The summed E-state index contributed by atoms with van der Waals surface area (Å²) in [5.41, 5.74) is 6.50. The van der Waals surface area contributed by atoms with E-state index < -0.39 is 23.0 Å². The normalized spacial score (nSPS) is 40.1. The number of hydrogen-bond donors (Lipinski definition) is 1. The van der Waals surface area contributed by atoms with Crippen LogP contribution in [0.25, 0.3) is 4.85 Å². The number of hydrogen-bond acceptors (Lipinski definition) is 4. The van der Waals surface area contributed by atoms with E-state index in [0.29, 0.717) is 17.8 Å². The van der Waals surface area contributed by atoms with Crippen LogP contribution in [0.1, 0.15) is 25.8 Å². The number of ether oxygens (including phenoxy) is 1. The minimum Gasteiger partial charge on any atom is -0.366 e. The molecule has 24 heavy (non-hydrogen) atoms. The summed E-state index contributed by atoms with van der Waals surface area (Å²) in [6, 6.07) is 4.76. The maximum Gasteiger partial charge on any atom is 0.240 e. The van der Waals surface area contributed by atoms with E-state index in [0.717, 1.165) is 5.56 Å². The maximum atomic E-state index is 13.1. The van der Waals surface area contributed by atoms with Gasteiger partial charge in [-0.3, -0.25) is 9.59 Å². The van der Waals surface area contributed by atoms with Gasteiger partial charge in [0.05, 0.1) is 29.6 Å². The Morgan fingerprint density at radius 3 is 2.58 bits per heavy atom. The monoisotopic (exact) mass is 325 g/mol. The molecule has 6 heteroatoms. The third-order valence-electron chi connectivity index (χ3n) is 5.96. The molecule has 0 aliphatic carbocycles. The zero-order chi connectivity index (χ0) is 17.4. The van der Waals surface area contributed by atoms with Crippen molar-refractivity contribution in [1.82, 2.24) is 0 Å². The Morgan fingerprint density at radius 2 is 1.96 bits per heavy atom. The molecule has 1 aromatic rings. The molecule has 0 saturated carbocycles. The Morgan fingerprint density at radius 1 is 1.29 bits per heavy atom. The highest BCUT2D eigenvalue weighted by Gasteiger charge is 2.75. The fourth-order valence-corrected chi connectivity index (χ4v) is 4.76. The van der Waals surface area contributed by atoms with E-state index in [1.54, 1.807) is 25.1 Å². The molecule has 3 aliphatic heterocycles. The highest BCUT2D eigenvalue weighted by molar-refractivity contribution is 6.23. The largest absolute Gasteiger partial charge is 0.366 e. The van der Waals surface area contributed by atoms with Gasteiger partial charge in [-0.2, -0.15) is 0 Å². The molecule has 1 aromatic carbocycles. The molecule has 3 fully saturated rings. The number of carbonyl (C=O) groups is 2. The van der Waals surface area contributed by atoms with Crippen LogP contribution in [0.4, 0.5) is 11.4 Å². The van der Waals surface area contributed by atoms with Crippen LogP contribution >= 0.6 is 0 Å². The standard InChI is InChI=1S/C18H19N3O3/c1-9-7-10(5-6-11(9)20-4)21-15(22)13-14(16(21)23)18(3)12(19)8-17(13,2)24-18/h5-7,12-14H,8,19H2,1-3H3/t12-,13-,14+,17?,18?/m0/s1. The molecule has 4 rings (SSSR count). The molecule has 2 bridgehead atoms. The van der Waals surface area contributed by atoms with Crippen LogP contribution in [-0.4, -0.2) is 29.1 Å². The van der Waals surface area contributed by atoms with Gasteiger partial charge in [-0.05, 0) is 44.9 Å². The second kappa shape index (κ2) is 4.44. The topological polar surface area (TPSA) is 77.0 Å². The molecule has 3 aliphatic rings. The summed E-state index contributed by atoms with van der Waals surface area (Å²) >= 11 is 0. The van der Waals surface area contributed by atoms with Gasteiger partial charge in [-0.25, -0.2) is 9.74 Å². The van der Waals surface area contributed by atoms with Gasteiger partial charge in [0.2, 0.25) is 11.8 Å². The van der Waals surface area contributed by atoms with Gasteiger partial charge < -0.3 is 10.5 Å². The molecule has 6 nitrogen and oxygen atoms in total. The van der Waals surface area contributed by atoms with Crippen LogP contribution in [0.2, 0.25) is 0 Å². The highest BCUT2D eigenvalue weighted by atomic mass is 16.5. The molecule has 2 amide bonds. The summed E-state index contributed by atoms with van der Waals surface area (Å²) < 4.78 is 6.08. The maximum absolute atomic E-state index is 13.1. The first-order valence-electron chi connectivity index (χ1n) is 8.04. The zero-order valence-electron chi connectivity index (χ0n) is 13.9. The average Bonchev–Trinajstić information content (AvgIpc) is 3.01. The van der Waals surface area contributed by atoms with Gasteiger partial charge in [0, 0.05) is 11.7 Å². The first kappa shape index (κ1) is 15.3. The first-order chi connectivity index (χ1) is 11.2. The fraction of sp³-hybridized carbons (Fsp3) is 0.500. The molecule has 5 atom stereocenters. The van der Waals surface area contributed by atoms with E-state index >= 15 is 0 Å². The number of aryl methyl sites for hydroxylation is 1. The summed E-state index contributed by atoms with van der Waals surface area (Å²) in [7, 11) is 0. The van der Waals surface area contributed by atoms with Crippen LogP contribution in [-0.2, 0) is 14.3 Å². The summed E-state index contributed by atoms with van der Waals surface area (Å²) in [6.45, 7) is 12.7. The van der Waals surface area contributed by atoms with Crippen molar-refractivity contribution in [2.75, 3.05) is 4.90 Å². The molecule has 0 aromatic heterocycles. The first-order valence-corrected chi connectivity index (χ1v) is 8.04. The summed E-state index contributed by atoms with van der Waals surface area (Å²) in [6.07, 6.45) is 0.577. The number of anilines is 1. The molecule has 0 spiro atoms. The summed E-state index contributed by atoms with van der Waals surface area (Å²) in [5, 5.41) is 0. The Bertz CT molecular complexity index is 829. The predicted molar refractivity (Wildman–Crippen MR) is 87.4 cm³/mol. The number of fused-ring (bicyclic) bond motifs is 5. The highest BCUT2D eigenvalue weighted by Crippen LogP contribution is 2.60. The number of imide groups is 1. The molecule has 2 unspecified atom stereocenters. The number of amides is 2. The van der Waals surface area contributed by atoms with Crippen molar-refractivity contribution in [3.8, 4) is 0 Å². The van der Waals surface area contributed by atoms with E-state index in [9.17, 15) is 9.59 Å². The van der Waals surface area contributed by atoms with Gasteiger partial charge >= 0.3 is 0 Å². The van der Waals surface area contributed by atoms with E-state index in [2.05, 4.69) is 4.85 Å². The lowest BCUT2D eigenvalue weighted by Crippen LogP contribution is -2.53. The summed E-state index contributed by atoms with van der Waals surface area (Å²) in [4.78, 5) is 30.8. The van der Waals surface area contributed by atoms with Crippen molar-refractivity contribution >= 4 is 23.2 Å². The Hall–Kier alpha value is -2.23. The second-order valence-corrected chi connectivity index (χ2v) is 7.46. The Balaban J connectivity index is 1.79. The van der Waals surface area contributed by atoms with Gasteiger partial charge in [0.15, 0.2) is 5.69 Å². The van der Waals surface area contributed by atoms with Crippen LogP contribution in [0.15, 0.2) is 18.2 Å². The predicted octanol–water partition coefficient (Wildman–Crippen LogP) is 1.93. The van der Waals surface area contributed by atoms with E-state index in [-0.39, 0.29) is 17.9 Å². The number of rotatable bonds is 1. The fourth-order valence-electron chi connectivity index (χ4n) is 4.76. The van der Waals surface area contributed by atoms with E-state index in [1.165, 1.54) is 4.90 Å². The number of nitrogens with two attached hydrogens (primary N) is 1. The van der Waals surface area contributed by atoms with Crippen molar-refractivity contribution in [3.05, 3.63) is 35.2 Å². The van der Waals surface area contributed by atoms with Crippen molar-refractivity contribution < 1.29 is 14.3 Å². The van der Waals surface area contributed by atoms with Crippen LogP contribution in [0.5, 0.6) is 0 Å². The lowest BCUT2D eigenvalue weighted by Gasteiger charge is -2.32. The van der Waals surface area contributed by atoms with E-state index in [4.69, 9.17) is 17.0 Å². The van der Waals surface area contributed by atoms with Crippen molar-refractivity contribution in [2.45, 2.75) is 44.4 Å². The quantitative estimate of drug-likeness (QED) is 0.632. The minimum absolute atomic E-state index is 0.224. The SMILES string of the molecule is [C-]#[N+]c1ccc(N2C(=O)[C@@H]3[C@H](C2=O)C2(C)OC3(C)C[C@@H]2N)cc1C. The summed E-state index contributed by atoms with van der Waals surface area (Å²) in [5.74, 6) is -1.50. The van der Waals surface area contributed by atoms with Crippen molar-refractivity contribution in [1.29, 1.82) is 0 Å². The van der Waals surface area contributed by atoms with E-state index in [1.807, 2.05) is 13.8 Å². The molecule has 3 saturated heterocycles. The second-order valence-electron chi connectivity index (χ2n) is 7.46. The van der Waals surface area contributed by atoms with Crippen molar-refractivity contribution in [2.24, 2.45) is 17.6 Å². The van der Waals surface area contributed by atoms with Gasteiger partial charge in [0.25, 0.3) is 0 Å². The van der Waals surface area contributed by atoms with Crippen LogP contribution < -0.4 is 10.6 Å². The molecule has 0 radical (unpaired) electrons. The van der Waals surface area contributed by atoms with Crippen LogP contribution in [0.3, 0.4) is 0 Å². The average molecular weight is 325 g/mol. The smallest absolute Gasteiger partial charge is 0.240 e. The van der Waals surface area contributed by atoms with Gasteiger partial charge in [-0.15, -0.1) is 0 Å². The minimum atomic E-state index is -0.799.